The van der Waals surface area contributed by atoms with Crippen LogP contribution in [0.25, 0.3) is 0 Å². The van der Waals surface area contributed by atoms with E-state index >= 15 is 0 Å². The number of amides is 2. The molecule has 2 rings (SSSR count). The van der Waals surface area contributed by atoms with Gasteiger partial charge in [-0.25, -0.2) is 0 Å². The van der Waals surface area contributed by atoms with Crippen LogP contribution in [0.15, 0.2) is 11.4 Å². The van der Waals surface area contributed by atoms with Gasteiger partial charge in [0.1, 0.15) is 5.00 Å². The number of piperidine rings is 1. The molecule has 2 heterocycles. The summed E-state index contributed by atoms with van der Waals surface area (Å²) in [6, 6.07) is 1.56. The number of hydrogen-bond donors (Lipinski definition) is 3. The van der Waals surface area contributed by atoms with E-state index in [9.17, 15) is 14.4 Å². The van der Waals surface area contributed by atoms with Crippen molar-refractivity contribution in [1.29, 1.82) is 0 Å². The van der Waals surface area contributed by atoms with Gasteiger partial charge in [0.25, 0.3) is 5.91 Å². The first kappa shape index (κ1) is 15.5. The maximum absolute atomic E-state index is 12.0. The number of rotatable bonds is 5. The van der Waals surface area contributed by atoms with Crippen LogP contribution in [0.5, 0.6) is 0 Å². The molecular weight excluding hydrogens is 294 g/mol. The minimum absolute atomic E-state index is 0.111. The lowest BCUT2D eigenvalue weighted by atomic mass is 9.98. The van der Waals surface area contributed by atoms with Gasteiger partial charge in [0.15, 0.2) is 0 Å². The van der Waals surface area contributed by atoms with Crippen molar-refractivity contribution in [2.45, 2.75) is 12.8 Å². The van der Waals surface area contributed by atoms with E-state index in [0.29, 0.717) is 24.5 Å². The summed E-state index contributed by atoms with van der Waals surface area (Å²) in [5.74, 6) is -2.11. The molecule has 1 unspecified atom stereocenters. The SMILES string of the molecule is NC(=O)c1ccsc1NC(=O)CN1CCCC(C(=O)O)C1. The first-order valence-electron chi connectivity index (χ1n) is 6.59. The number of carbonyl (C=O) groups is 3. The molecule has 2 amide bonds. The van der Waals surface area contributed by atoms with E-state index in [4.69, 9.17) is 10.8 Å². The lowest BCUT2D eigenvalue weighted by Gasteiger charge is -2.29. The van der Waals surface area contributed by atoms with E-state index in [2.05, 4.69) is 5.32 Å². The molecule has 1 aromatic rings. The Morgan fingerprint density at radius 2 is 2.24 bits per heavy atom. The average Bonchev–Trinajstić information content (AvgIpc) is 2.87. The number of anilines is 1. The maximum Gasteiger partial charge on any atom is 0.307 e. The van der Waals surface area contributed by atoms with Crippen molar-refractivity contribution >= 4 is 34.1 Å². The number of nitrogens with zero attached hydrogens (tertiary/aromatic N) is 1. The lowest BCUT2D eigenvalue weighted by Crippen LogP contribution is -2.42. The maximum atomic E-state index is 12.0. The summed E-state index contributed by atoms with van der Waals surface area (Å²) in [5, 5.41) is 13.8. The Hall–Kier alpha value is -1.93. The largest absolute Gasteiger partial charge is 0.481 e. The molecule has 8 heteroatoms. The highest BCUT2D eigenvalue weighted by atomic mass is 32.1. The Labute approximate surface area is 125 Å². The number of nitrogens with two attached hydrogens (primary N) is 1. The van der Waals surface area contributed by atoms with Crippen LogP contribution >= 0.6 is 11.3 Å². The fourth-order valence-electron chi connectivity index (χ4n) is 2.37. The molecule has 4 N–H and O–H groups in total. The first-order valence-corrected chi connectivity index (χ1v) is 7.47. The lowest BCUT2D eigenvalue weighted by molar-refractivity contribution is -0.144. The van der Waals surface area contributed by atoms with E-state index < -0.39 is 17.8 Å². The molecule has 0 spiro atoms. The van der Waals surface area contributed by atoms with Crippen molar-refractivity contribution in [3.63, 3.8) is 0 Å². The van der Waals surface area contributed by atoms with Crippen LogP contribution in [-0.4, -0.2) is 47.4 Å². The molecule has 1 aromatic heterocycles. The van der Waals surface area contributed by atoms with Crippen molar-refractivity contribution in [2.24, 2.45) is 11.7 Å². The van der Waals surface area contributed by atoms with Gasteiger partial charge in [0, 0.05) is 6.54 Å². The highest BCUT2D eigenvalue weighted by molar-refractivity contribution is 7.14. The molecule has 1 aliphatic rings. The second-order valence-electron chi connectivity index (χ2n) is 4.99. The van der Waals surface area contributed by atoms with Crippen LogP contribution in [0.1, 0.15) is 23.2 Å². The number of likely N-dealkylation sites (tertiary alicyclic amines) is 1. The van der Waals surface area contributed by atoms with Gasteiger partial charge in [-0.15, -0.1) is 11.3 Å². The molecule has 1 aliphatic heterocycles. The smallest absolute Gasteiger partial charge is 0.307 e. The normalized spacial score (nSPS) is 19.1. The number of hydrogen-bond acceptors (Lipinski definition) is 5. The van der Waals surface area contributed by atoms with Gasteiger partial charge in [-0.05, 0) is 30.8 Å². The molecule has 1 fully saturated rings. The molecule has 1 saturated heterocycles. The molecule has 21 heavy (non-hydrogen) atoms. The highest BCUT2D eigenvalue weighted by Gasteiger charge is 2.26. The fraction of sp³-hybridized carbons (Fsp3) is 0.462. The second kappa shape index (κ2) is 6.68. The predicted octanol–water partition coefficient (Wildman–Crippen LogP) is 0.582. The van der Waals surface area contributed by atoms with Crippen LogP contribution in [-0.2, 0) is 9.59 Å². The van der Waals surface area contributed by atoms with E-state index in [-0.39, 0.29) is 18.0 Å². The Balaban J connectivity index is 1.91. The summed E-state index contributed by atoms with van der Waals surface area (Å²) in [7, 11) is 0. The molecular formula is C13H17N3O4S. The molecule has 114 valence electrons. The monoisotopic (exact) mass is 311 g/mol. The van der Waals surface area contributed by atoms with Gasteiger partial charge in [-0.3, -0.25) is 19.3 Å². The standard InChI is InChI=1S/C13H17N3O4S/c14-11(18)9-3-5-21-12(9)15-10(17)7-16-4-1-2-8(6-16)13(19)20/h3,5,8H,1-2,4,6-7H2,(H2,14,18)(H,15,17)(H,19,20). The Bertz CT molecular complexity index is 557. The quantitative estimate of drug-likeness (QED) is 0.736. The van der Waals surface area contributed by atoms with Gasteiger partial charge in [-0.2, -0.15) is 0 Å². The summed E-state index contributed by atoms with van der Waals surface area (Å²) in [6.07, 6.45) is 1.40. The van der Waals surface area contributed by atoms with Crippen molar-refractivity contribution in [3.05, 3.63) is 17.0 Å². The highest BCUT2D eigenvalue weighted by Crippen LogP contribution is 2.23. The van der Waals surface area contributed by atoms with Crippen molar-refractivity contribution in [3.8, 4) is 0 Å². The van der Waals surface area contributed by atoms with Gasteiger partial charge in [-0.1, -0.05) is 0 Å². The number of thiophene rings is 1. The Morgan fingerprint density at radius 1 is 1.48 bits per heavy atom. The third kappa shape index (κ3) is 4.02. The van der Waals surface area contributed by atoms with Crippen LogP contribution in [0, 0.1) is 5.92 Å². The Kier molecular flexibility index (Phi) is 4.92. The van der Waals surface area contributed by atoms with Crippen molar-refractivity contribution in [2.75, 3.05) is 25.0 Å². The van der Waals surface area contributed by atoms with Gasteiger partial charge < -0.3 is 16.2 Å². The summed E-state index contributed by atoms with van der Waals surface area (Å²) < 4.78 is 0. The number of carboxylic acids is 1. The summed E-state index contributed by atoms with van der Waals surface area (Å²) in [6.45, 7) is 1.18. The minimum atomic E-state index is -0.825. The minimum Gasteiger partial charge on any atom is -0.481 e. The average molecular weight is 311 g/mol. The van der Waals surface area contributed by atoms with E-state index in [1.807, 2.05) is 4.90 Å². The summed E-state index contributed by atoms with van der Waals surface area (Å²) in [5.41, 5.74) is 5.50. The number of aliphatic carboxylic acids is 1. The zero-order chi connectivity index (χ0) is 15.4. The number of primary amides is 1. The van der Waals surface area contributed by atoms with Crippen molar-refractivity contribution in [1.82, 2.24) is 4.90 Å². The van der Waals surface area contributed by atoms with Crippen LogP contribution in [0.2, 0.25) is 0 Å². The third-order valence-corrected chi connectivity index (χ3v) is 4.24. The Morgan fingerprint density at radius 3 is 2.90 bits per heavy atom. The van der Waals surface area contributed by atoms with Gasteiger partial charge in [0.05, 0.1) is 18.0 Å². The molecule has 7 nitrogen and oxygen atoms in total. The molecule has 0 aliphatic carbocycles. The zero-order valence-corrected chi connectivity index (χ0v) is 12.2. The number of carboxylic acid groups (broad SMARTS) is 1. The number of carbonyl (C=O) groups excluding carboxylic acids is 2. The molecule has 0 aromatic carbocycles. The molecule has 0 saturated carbocycles. The zero-order valence-electron chi connectivity index (χ0n) is 11.4. The van der Waals surface area contributed by atoms with Gasteiger partial charge >= 0.3 is 5.97 Å². The van der Waals surface area contributed by atoms with E-state index in [1.165, 1.54) is 11.3 Å². The predicted molar refractivity (Wildman–Crippen MR) is 78.3 cm³/mol. The van der Waals surface area contributed by atoms with Crippen LogP contribution in [0.4, 0.5) is 5.00 Å². The fourth-order valence-corrected chi connectivity index (χ4v) is 3.18. The molecule has 0 radical (unpaired) electrons. The van der Waals surface area contributed by atoms with Crippen LogP contribution in [0.3, 0.4) is 0 Å². The summed E-state index contributed by atoms with van der Waals surface area (Å²) >= 11 is 1.23. The third-order valence-electron chi connectivity index (χ3n) is 3.41. The summed E-state index contributed by atoms with van der Waals surface area (Å²) in [4.78, 5) is 36.0. The van der Waals surface area contributed by atoms with Crippen molar-refractivity contribution < 1.29 is 19.5 Å². The van der Waals surface area contributed by atoms with E-state index in [1.54, 1.807) is 11.4 Å². The van der Waals surface area contributed by atoms with E-state index in [0.717, 1.165) is 6.42 Å². The van der Waals surface area contributed by atoms with Gasteiger partial charge in [0.2, 0.25) is 5.91 Å². The number of nitrogens with one attached hydrogen (secondary N) is 1. The topological polar surface area (TPSA) is 113 Å². The molecule has 0 bridgehead atoms. The second-order valence-corrected chi connectivity index (χ2v) is 5.90. The molecule has 1 atom stereocenters. The van der Waals surface area contributed by atoms with Crippen LogP contribution < -0.4 is 11.1 Å². The first-order chi connectivity index (χ1) is 9.97.